The number of nitrogens with zero attached hydrogens (tertiary/aromatic N) is 2. The van der Waals surface area contributed by atoms with Crippen molar-refractivity contribution in [3.05, 3.63) is 36.5 Å². The van der Waals surface area contributed by atoms with Crippen molar-refractivity contribution < 1.29 is 4.79 Å². The van der Waals surface area contributed by atoms with E-state index in [4.69, 9.17) is 0 Å². The Labute approximate surface area is 137 Å². The van der Waals surface area contributed by atoms with Crippen LogP contribution in [0.3, 0.4) is 0 Å². The van der Waals surface area contributed by atoms with Crippen molar-refractivity contribution in [2.24, 2.45) is 0 Å². The Morgan fingerprint density at radius 3 is 3.04 bits per heavy atom. The van der Waals surface area contributed by atoms with Crippen LogP contribution in [-0.2, 0) is 4.79 Å². The second-order valence-electron chi connectivity index (χ2n) is 6.16. The molecule has 2 unspecified atom stereocenters. The minimum Gasteiger partial charge on any atom is -0.324 e. The Kier molecular flexibility index (Phi) is 4.88. The van der Waals surface area contributed by atoms with Gasteiger partial charge in [-0.05, 0) is 57.6 Å². The number of amides is 1. The van der Waals surface area contributed by atoms with E-state index in [1.807, 2.05) is 44.3 Å². The Morgan fingerprint density at radius 2 is 2.22 bits per heavy atom. The van der Waals surface area contributed by atoms with Crippen LogP contribution >= 0.6 is 0 Å². The number of fused-ring (bicyclic) bond motifs is 1. The molecular formula is C18H24N4O. The zero-order valence-electron chi connectivity index (χ0n) is 13.7. The molecule has 0 saturated carbocycles. The minimum atomic E-state index is -0.141. The van der Waals surface area contributed by atoms with Gasteiger partial charge in [0.2, 0.25) is 5.91 Å². The molecule has 1 aromatic carbocycles. The Morgan fingerprint density at radius 1 is 1.35 bits per heavy atom. The molecule has 5 nitrogen and oxygen atoms in total. The maximum Gasteiger partial charge on any atom is 0.241 e. The summed E-state index contributed by atoms with van der Waals surface area (Å²) in [5.41, 5.74) is 1.72. The van der Waals surface area contributed by atoms with Gasteiger partial charge in [0, 0.05) is 24.2 Å². The van der Waals surface area contributed by atoms with Crippen molar-refractivity contribution in [1.82, 2.24) is 15.2 Å². The third-order valence-electron chi connectivity index (χ3n) is 4.69. The van der Waals surface area contributed by atoms with Gasteiger partial charge in [0.15, 0.2) is 0 Å². The number of rotatable bonds is 4. The lowest BCUT2D eigenvalue weighted by Crippen LogP contribution is -2.51. The number of carbonyl (C=O) groups excluding carboxylic acids is 1. The Bertz CT molecular complexity index is 682. The molecule has 0 radical (unpaired) electrons. The number of piperidine rings is 1. The highest BCUT2D eigenvalue weighted by atomic mass is 16.2. The van der Waals surface area contributed by atoms with Crippen LogP contribution in [0.5, 0.6) is 0 Å². The summed E-state index contributed by atoms with van der Waals surface area (Å²) in [6.45, 7) is 3.88. The predicted octanol–water partition coefficient (Wildman–Crippen LogP) is 2.25. The van der Waals surface area contributed by atoms with E-state index in [9.17, 15) is 4.79 Å². The van der Waals surface area contributed by atoms with Crippen molar-refractivity contribution in [2.75, 3.05) is 25.5 Å². The molecule has 1 saturated heterocycles. The highest BCUT2D eigenvalue weighted by molar-refractivity contribution is 6.02. The number of likely N-dealkylation sites (tertiary alicyclic amines) is 1. The van der Waals surface area contributed by atoms with Crippen LogP contribution in [0.1, 0.15) is 19.8 Å². The van der Waals surface area contributed by atoms with E-state index in [0.717, 1.165) is 36.1 Å². The molecule has 3 rings (SSSR count). The van der Waals surface area contributed by atoms with Gasteiger partial charge in [-0.2, -0.15) is 0 Å². The highest BCUT2D eigenvalue weighted by Crippen LogP contribution is 2.22. The smallest absolute Gasteiger partial charge is 0.241 e. The third-order valence-corrected chi connectivity index (χ3v) is 4.69. The molecule has 122 valence electrons. The molecule has 2 atom stereocenters. The summed E-state index contributed by atoms with van der Waals surface area (Å²) in [7, 11) is 1.99. The van der Waals surface area contributed by atoms with Crippen LogP contribution in [0.25, 0.3) is 10.9 Å². The van der Waals surface area contributed by atoms with Gasteiger partial charge in [-0.15, -0.1) is 0 Å². The van der Waals surface area contributed by atoms with Gasteiger partial charge >= 0.3 is 0 Å². The van der Waals surface area contributed by atoms with Crippen LogP contribution in [0.4, 0.5) is 5.69 Å². The molecule has 23 heavy (non-hydrogen) atoms. The van der Waals surface area contributed by atoms with Crippen LogP contribution in [0, 0.1) is 0 Å². The number of hydrogen-bond acceptors (Lipinski definition) is 4. The van der Waals surface area contributed by atoms with Crippen LogP contribution in [-0.4, -0.2) is 48.0 Å². The number of aromatic nitrogens is 1. The van der Waals surface area contributed by atoms with E-state index in [0.29, 0.717) is 6.04 Å². The second kappa shape index (κ2) is 7.06. The Balaban J connectivity index is 1.73. The van der Waals surface area contributed by atoms with Gasteiger partial charge in [-0.1, -0.05) is 6.07 Å². The lowest BCUT2D eigenvalue weighted by Gasteiger charge is -2.36. The lowest BCUT2D eigenvalue weighted by molar-refractivity contribution is -0.121. The number of carbonyl (C=O) groups is 1. The molecule has 1 aliphatic rings. The summed E-state index contributed by atoms with van der Waals surface area (Å²) >= 11 is 0. The maximum atomic E-state index is 12.7. The molecule has 0 bridgehead atoms. The number of pyridine rings is 1. The molecule has 0 aliphatic carbocycles. The average Bonchev–Trinajstić information content (AvgIpc) is 2.61. The van der Waals surface area contributed by atoms with Crippen molar-refractivity contribution in [1.29, 1.82) is 0 Å². The van der Waals surface area contributed by atoms with Gasteiger partial charge in [0.1, 0.15) is 0 Å². The van der Waals surface area contributed by atoms with Crippen LogP contribution < -0.4 is 10.6 Å². The van der Waals surface area contributed by atoms with E-state index >= 15 is 0 Å². The first-order valence-corrected chi connectivity index (χ1v) is 8.25. The second-order valence-corrected chi connectivity index (χ2v) is 6.16. The number of hydrogen-bond donors (Lipinski definition) is 2. The zero-order valence-corrected chi connectivity index (χ0v) is 13.7. The van der Waals surface area contributed by atoms with Crippen molar-refractivity contribution in [3.63, 3.8) is 0 Å². The standard InChI is InChI=1S/C18H24N4O/c1-13(22-11-5-6-14(12-22)19-2)18(23)21-17-9-3-8-16-15(17)7-4-10-20-16/h3-4,7-10,13-14,19H,5-6,11-12H2,1-2H3,(H,21,23). The summed E-state index contributed by atoms with van der Waals surface area (Å²) in [6, 6.07) is 10.0. The summed E-state index contributed by atoms with van der Waals surface area (Å²) < 4.78 is 0. The molecule has 2 heterocycles. The molecule has 2 N–H and O–H groups in total. The van der Waals surface area contributed by atoms with E-state index < -0.39 is 0 Å². The van der Waals surface area contributed by atoms with Gasteiger partial charge < -0.3 is 10.6 Å². The maximum absolute atomic E-state index is 12.7. The largest absolute Gasteiger partial charge is 0.324 e. The van der Waals surface area contributed by atoms with Crippen molar-refractivity contribution in [3.8, 4) is 0 Å². The van der Waals surface area contributed by atoms with E-state index in [-0.39, 0.29) is 11.9 Å². The van der Waals surface area contributed by atoms with Gasteiger partial charge in [0.25, 0.3) is 0 Å². The number of nitrogens with one attached hydrogen (secondary N) is 2. The summed E-state index contributed by atoms with van der Waals surface area (Å²) in [5, 5.41) is 7.37. The fourth-order valence-electron chi connectivity index (χ4n) is 3.21. The van der Waals surface area contributed by atoms with Crippen molar-refractivity contribution in [2.45, 2.75) is 31.8 Å². The number of benzene rings is 1. The monoisotopic (exact) mass is 312 g/mol. The molecule has 1 aromatic heterocycles. The van der Waals surface area contributed by atoms with E-state index in [1.54, 1.807) is 6.20 Å². The first-order valence-electron chi connectivity index (χ1n) is 8.25. The zero-order chi connectivity index (χ0) is 16.2. The fourth-order valence-corrected chi connectivity index (χ4v) is 3.21. The van der Waals surface area contributed by atoms with E-state index in [1.165, 1.54) is 6.42 Å². The molecule has 5 heteroatoms. The summed E-state index contributed by atoms with van der Waals surface area (Å²) in [6.07, 6.45) is 4.07. The topological polar surface area (TPSA) is 57.3 Å². The number of anilines is 1. The van der Waals surface area contributed by atoms with Gasteiger partial charge in [-0.25, -0.2) is 0 Å². The molecule has 2 aromatic rings. The predicted molar refractivity (Wildman–Crippen MR) is 93.5 cm³/mol. The fraction of sp³-hybridized carbons (Fsp3) is 0.444. The van der Waals surface area contributed by atoms with Crippen LogP contribution in [0.2, 0.25) is 0 Å². The van der Waals surface area contributed by atoms with Crippen LogP contribution in [0.15, 0.2) is 36.5 Å². The average molecular weight is 312 g/mol. The number of likely N-dealkylation sites (N-methyl/N-ethyl adjacent to an activating group) is 1. The van der Waals surface area contributed by atoms with Crippen molar-refractivity contribution >= 4 is 22.5 Å². The lowest BCUT2D eigenvalue weighted by atomic mass is 10.0. The minimum absolute atomic E-state index is 0.0399. The first kappa shape index (κ1) is 15.9. The van der Waals surface area contributed by atoms with Gasteiger partial charge in [0.05, 0.1) is 17.2 Å². The molecule has 0 spiro atoms. The summed E-state index contributed by atoms with van der Waals surface area (Å²) in [4.78, 5) is 19.2. The highest BCUT2D eigenvalue weighted by Gasteiger charge is 2.26. The van der Waals surface area contributed by atoms with Gasteiger partial charge in [-0.3, -0.25) is 14.7 Å². The quantitative estimate of drug-likeness (QED) is 0.909. The normalized spacial score (nSPS) is 20.3. The molecular weight excluding hydrogens is 288 g/mol. The first-order chi connectivity index (χ1) is 11.2. The third kappa shape index (κ3) is 3.51. The molecule has 1 fully saturated rings. The molecule has 1 amide bonds. The van der Waals surface area contributed by atoms with E-state index in [2.05, 4.69) is 20.5 Å². The Hall–Kier alpha value is -1.98. The molecule has 1 aliphatic heterocycles. The summed E-state index contributed by atoms with van der Waals surface area (Å²) in [5.74, 6) is 0.0399. The SMILES string of the molecule is CNC1CCCN(C(C)C(=O)Nc2cccc3ncccc23)C1.